The van der Waals surface area contributed by atoms with Gasteiger partial charge in [0.1, 0.15) is 11.9 Å². The molecule has 0 heterocycles. The Morgan fingerprint density at radius 3 is 2.61 bits per heavy atom. The molecule has 0 N–H and O–H groups in total. The van der Waals surface area contributed by atoms with E-state index < -0.39 is 22.3 Å². The van der Waals surface area contributed by atoms with Crippen molar-refractivity contribution < 1.29 is 23.3 Å². The van der Waals surface area contributed by atoms with E-state index in [-0.39, 0.29) is 40.5 Å². The fourth-order valence-corrected chi connectivity index (χ4v) is 8.34. The molecule has 0 aromatic heterocycles. The Hall–Kier alpha value is -1.56. The summed E-state index contributed by atoms with van der Waals surface area (Å²) in [5.41, 5.74) is 1.78. The van der Waals surface area contributed by atoms with Gasteiger partial charge in [-0.3, -0.25) is 18.6 Å². The van der Waals surface area contributed by atoms with Crippen LogP contribution in [-0.4, -0.2) is 39.9 Å². The lowest BCUT2D eigenvalue weighted by Gasteiger charge is -2.58. The van der Waals surface area contributed by atoms with Gasteiger partial charge < -0.3 is 4.74 Å². The molecule has 5 nitrogen and oxygen atoms in total. The van der Waals surface area contributed by atoms with Gasteiger partial charge >= 0.3 is 5.97 Å². The van der Waals surface area contributed by atoms with Crippen LogP contribution in [0.5, 0.6) is 0 Å². The third-order valence-electron chi connectivity index (χ3n) is 9.05. The minimum absolute atomic E-state index is 0.0818. The highest BCUT2D eigenvalue weighted by Crippen LogP contribution is 2.66. The predicted octanol–water partition coefficient (Wildman–Crippen LogP) is 3.79. The molecule has 31 heavy (non-hydrogen) atoms. The van der Waals surface area contributed by atoms with E-state index in [0.717, 1.165) is 31.3 Å². The quantitative estimate of drug-likeness (QED) is 0.614. The molecule has 3 saturated carbocycles. The first-order chi connectivity index (χ1) is 14.5. The number of rotatable bonds is 4. The summed E-state index contributed by atoms with van der Waals surface area (Å²) in [7, 11) is -1.12. The van der Waals surface area contributed by atoms with Gasteiger partial charge in [0, 0.05) is 47.1 Å². The highest BCUT2D eigenvalue weighted by atomic mass is 32.2. The third kappa shape index (κ3) is 3.49. The zero-order valence-electron chi connectivity index (χ0n) is 19.2. The second-order valence-corrected chi connectivity index (χ2v) is 12.1. The summed E-state index contributed by atoms with van der Waals surface area (Å²) in [6, 6.07) is 0. The summed E-state index contributed by atoms with van der Waals surface area (Å²) >= 11 is 0. The van der Waals surface area contributed by atoms with Crippen LogP contribution in [0.3, 0.4) is 0 Å². The van der Waals surface area contributed by atoms with Crippen molar-refractivity contribution in [2.75, 3.05) is 12.0 Å². The van der Waals surface area contributed by atoms with Crippen LogP contribution in [-0.2, 0) is 29.9 Å². The number of carbonyl (C=O) groups excluding carboxylic acids is 3. The maximum Gasteiger partial charge on any atom is 0.302 e. The van der Waals surface area contributed by atoms with Crippen LogP contribution in [0.1, 0.15) is 59.8 Å². The molecule has 0 aliphatic heterocycles. The van der Waals surface area contributed by atoms with Crippen molar-refractivity contribution in [2.24, 2.45) is 34.5 Å². The number of ether oxygens (including phenoxy) is 1. The summed E-state index contributed by atoms with van der Waals surface area (Å²) < 4.78 is 17.8. The van der Waals surface area contributed by atoms with E-state index in [1.54, 1.807) is 12.3 Å². The summed E-state index contributed by atoms with van der Waals surface area (Å²) in [6.07, 6.45) is 8.72. The topological polar surface area (TPSA) is 77.5 Å². The molecular weight excluding hydrogens is 412 g/mol. The van der Waals surface area contributed by atoms with E-state index >= 15 is 0 Å². The second-order valence-electron chi connectivity index (χ2n) is 10.6. The van der Waals surface area contributed by atoms with Crippen LogP contribution in [0.2, 0.25) is 0 Å². The molecule has 3 fully saturated rings. The normalized spacial score (nSPS) is 41.3. The molecule has 4 aliphatic rings. The minimum Gasteiger partial charge on any atom is -0.461 e. The molecule has 0 aromatic carbocycles. The molecule has 0 spiro atoms. The maximum atomic E-state index is 13.3. The maximum absolute atomic E-state index is 13.3. The lowest BCUT2D eigenvalue weighted by atomic mass is 9.46. The first kappa shape index (κ1) is 22.6. The van der Waals surface area contributed by atoms with Crippen LogP contribution < -0.4 is 0 Å². The standard InChI is InChI=1S/C25H34O5S/c1-14-10-17(27)11-16-6-7-18-20(25(14,16)4)8-9-24(3)22(28)12-19(23(18)24)21(13-31(5)29)30-15(2)26/h10-11,18-21,23H,6-9,12-13H2,1-5H3/t18?,19-,20?,21?,23?,24+,25-,31?/m0/s1. The van der Waals surface area contributed by atoms with Crippen molar-refractivity contribution in [3.05, 3.63) is 23.3 Å². The lowest BCUT2D eigenvalue weighted by molar-refractivity contribution is -0.151. The SMILES string of the molecule is CC(=O)OC(CS(C)=O)[C@@H]1CC(=O)[C@@]2(C)CCC3C(CCC4=CC(=O)C=C(C)[C@@]43C)C12. The largest absolute Gasteiger partial charge is 0.461 e. The molecule has 170 valence electrons. The Morgan fingerprint density at radius 1 is 1.26 bits per heavy atom. The molecular formula is C25H34O5S. The predicted molar refractivity (Wildman–Crippen MR) is 120 cm³/mol. The molecule has 5 unspecified atom stereocenters. The van der Waals surface area contributed by atoms with Gasteiger partial charge in [-0.25, -0.2) is 0 Å². The monoisotopic (exact) mass is 446 g/mol. The number of carbonyl (C=O) groups is 3. The number of hydrogen-bond donors (Lipinski definition) is 0. The van der Waals surface area contributed by atoms with E-state index in [0.29, 0.717) is 18.3 Å². The van der Waals surface area contributed by atoms with E-state index in [2.05, 4.69) is 20.8 Å². The molecule has 4 rings (SSSR count). The lowest BCUT2D eigenvalue weighted by Crippen LogP contribution is -2.53. The highest BCUT2D eigenvalue weighted by molar-refractivity contribution is 7.84. The van der Waals surface area contributed by atoms with E-state index in [1.807, 2.05) is 6.08 Å². The average Bonchev–Trinajstić information content (AvgIpc) is 2.93. The van der Waals surface area contributed by atoms with Crippen LogP contribution in [0.25, 0.3) is 0 Å². The van der Waals surface area contributed by atoms with Gasteiger partial charge in [0.05, 0.1) is 5.75 Å². The van der Waals surface area contributed by atoms with Crippen molar-refractivity contribution in [1.29, 1.82) is 0 Å². The fraction of sp³-hybridized carbons (Fsp3) is 0.720. The molecule has 8 atom stereocenters. The minimum atomic E-state index is -1.12. The zero-order chi connectivity index (χ0) is 22.7. The van der Waals surface area contributed by atoms with Crippen molar-refractivity contribution in [3.63, 3.8) is 0 Å². The molecule has 0 amide bonds. The summed E-state index contributed by atoms with van der Waals surface area (Å²) in [5, 5.41) is 0. The first-order valence-corrected chi connectivity index (χ1v) is 13.2. The van der Waals surface area contributed by atoms with Crippen molar-refractivity contribution in [1.82, 2.24) is 0 Å². The van der Waals surface area contributed by atoms with E-state index in [1.165, 1.54) is 12.5 Å². The van der Waals surface area contributed by atoms with Gasteiger partial charge in [0.15, 0.2) is 5.78 Å². The summed E-state index contributed by atoms with van der Waals surface area (Å²) in [5.74, 6) is 0.921. The van der Waals surface area contributed by atoms with Crippen molar-refractivity contribution in [3.8, 4) is 0 Å². The molecule has 0 radical (unpaired) electrons. The van der Waals surface area contributed by atoms with E-state index in [4.69, 9.17) is 4.74 Å². The Kier molecular flexibility index (Phi) is 5.68. The molecule has 4 aliphatic carbocycles. The average molecular weight is 447 g/mol. The van der Waals surface area contributed by atoms with Gasteiger partial charge in [0.25, 0.3) is 0 Å². The van der Waals surface area contributed by atoms with Gasteiger partial charge in [0.2, 0.25) is 0 Å². The fourth-order valence-electron chi connectivity index (χ4n) is 7.56. The molecule has 0 bridgehead atoms. The smallest absolute Gasteiger partial charge is 0.302 e. The van der Waals surface area contributed by atoms with Crippen molar-refractivity contribution in [2.45, 2.75) is 65.9 Å². The van der Waals surface area contributed by atoms with Crippen molar-refractivity contribution >= 4 is 28.3 Å². The van der Waals surface area contributed by atoms with Gasteiger partial charge in [-0.1, -0.05) is 25.0 Å². The first-order valence-electron chi connectivity index (χ1n) is 11.4. The Labute approximate surface area is 187 Å². The van der Waals surface area contributed by atoms with Gasteiger partial charge in [-0.15, -0.1) is 0 Å². The number of allylic oxidation sites excluding steroid dienone is 4. The Morgan fingerprint density at radius 2 is 1.97 bits per heavy atom. The van der Waals surface area contributed by atoms with Crippen LogP contribution in [0.15, 0.2) is 23.3 Å². The number of ketones is 2. The Bertz CT molecular complexity index is 901. The second kappa shape index (κ2) is 7.79. The summed E-state index contributed by atoms with van der Waals surface area (Å²) in [6.45, 7) is 7.83. The Balaban J connectivity index is 1.74. The number of hydrogen-bond acceptors (Lipinski definition) is 5. The van der Waals surface area contributed by atoms with Crippen LogP contribution in [0, 0.1) is 34.5 Å². The summed E-state index contributed by atoms with van der Waals surface area (Å²) in [4.78, 5) is 37.3. The zero-order valence-corrected chi connectivity index (χ0v) is 20.1. The third-order valence-corrected chi connectivity index (χ3v) is 9.85. The molecule has 6 heteroatoms. The number of fused-ring (bicyclic) bond motifs is 5. The van der Waals surface area contributed by atoms with Gasteiger partial charge in [-0.05, 0) is 62.5 Å². The number of Topliss-reactive ketones (excluding diaryl/α,β-unsaturated/α-hetero) is 1. The molecule has 0 saturated heterocycles. The highest BCUT2D eigenvalue weighted by Gasteiger charge is 2.63. The number of esters is 1. The van der Waals surface area contributed by atoms with Crippen LogP contribution >= 0.6 is 0 Å². The molecule has 0 aromatic rings. The van der Waals surface area contributed by atoms with E-state index in [9.17, 15) is 18.6 Å². The van der Waals surface area contributed by atoms with Gasteiger partial charge in [-0.2, -0.15) is 0 Å². The van der Waals surface area contributed by atoms with Crippen LogP contribution in [0.4, 0.5) is 0 Å².